The lowest BCUT2D eigenvalue weighted by Gasteiger charge is -1.89. The lowest BCUT2D eigenvalue weighted by Crippen LogP contribution is -1.87. The van der Waals surface area contributed by atoms with Crippen LogP contribution in [0.3, 0.4) is 0 Å². The first-order valence-electron chi connectivity index (χ1n) is 3.50. The van der Waals surface area contributed by atoms with Gasteiger partial charge in [0.25, 0.3) is 11.7 Å². The molecule has 1 aromatic rings. The molecule has 14 heavy (non-hydrogen) atoms. The minimum Gasteiger partial charge on any atom is -0.258 e. The van der Waals surface area contributed by atoms with E-state index < -0.39 is 9.85 Å². The van der Waals surface area contributed by atoms with Crippen molar-refractivity contribution in [1.82, 2.24) is 0 Å². The number of nitro groups is 2. The molecule has 0 amide bonds. The van der Waals surface area contributed by atoms with Crippen LogP contribution in [0.2, 0.25) is 0 Å². The molecule has 0 saturated carbocycles. The Kier molecular flexibility index (Phi) is 2.76. The summed E-state index contributed by atoms with van der Waals surface area (Å²) < 4.78 is 0. The Labute approximate surface area is 78.5 Å². The van der Waals surface area contributed by atoms with Gasteiger partial charge in [0.2, 0.25) is 0 Å². The molecule has 6 heteroatoms. The molecule has 0 radical (unpaired) electrons. The summed E-state index contributed by atoms with van der Waals surface area (Å²) in [5.74, 6) is 2.24. The third-order valence-corrected chi connectivity index (χ3v) is 1.37. The molecule has 0 aliphatic carbocycles. The SMILES string of the molecule is O=[N+]([O-])C#Cc1ccc([N+](=O)[O-])cc1. The van der Waals surface area contributed by atoms with Crippen molar-refractivity contribution in [2.24, 2.45) is 0 Å². The second-order valence-corrected chi connectivity index (χ2v) is 2.30. The molecule has 70 valence electrons. The van der Waals surface area contributed by atoms with Gasteiger partial charge in [-0.1, -0.05) is 0 Å². The summed E-state index contributed by atoms with van der Waals surface area (Å²) in [4.78, 5) is 18.8. The molecule has 0 bridgehead atoms. The van der Waals surface area contributed by atoms with E-state index in [9.17, 15) is 20.2 Å². The van der Waals surface area contributed by atoms with Crippen molar-refractivity contribution in [2.45, 2.75) is 0 Å². The van der Waals surface area contributed by atoms with E-state index in [2.05, 4.69) is 5.92 Å². The van der Waals surface area contributed by atoms with Gasteiger partial charge in [-0.3, -0.25) is 10.1 Å². The van der Waals surface area contributed by atoms with Crippen molar-refractivity contribution in [1.29, 1.82) is 0 Å². The highest BCUT2D eigenvalue weighted by atomic mass is 16.6. The lowest BCUT2D eigenvalue weighted by atomic mass is 10.2. The second-order valence-electron chi connectivity index (χ2n) is 2.30. The van der Waals surface area contributed by atoms with Crippen LogP contribution in [0.25, 0.3) is 0 Å². The normalized spacial score (nSPS) is 8.57. The molecule has 0 spiro atoms. The largest absolute Gasteiger partial charge is 0.295 e. The Bertz CT molecular complexity index is 427. The third-order valence-electron chi connectivity index (χ3n) is 1.37. The van der Waals surface area contributed by atoms with Gasteiger partial charge in [-0.2, -0.15) is 0 Å². The zero-order valence-corrected chi connectivity index (χ0v) is 6.84. The molecule has 0 aliphatic heterocycles. The zero-order chi connectivity index (χ0) is 10.6. The van der Waals surface area contributed by atoms with Gasteiger partial charge in [0.05, 0.1) is 4.92 Å². The van der Waals surface area contributed by atoms with E-state index in [0.717, 1.165) is 0 Å². The van der Waals surface area contributed by atoms with E-state index in [4.69, 9.17) is 0 Å². The summed E-state index contributed by atoms with van der Waals surface area (Å²) in [6.45, 7) is 0. The Morgan fingerprint density at radius 1 is 1.07 bits per heavy atom. The lowest BCUT2D eigenvalue weighted by molar-refractivity contribution is -0.384. The molecule has 0 fully saturated rings. The molecule has 1 aromatic carbocycles. The highest BCUT2D eigenvalue weighted by molar-refractivity contribution is 5.40. The molecule has 0 aromatic heterocycles. The zero-order valence-electron chi connectivity index (χ0n) is 6.84. The van der Waals surface area contributed by atoms with Crippen LogP contribution >= 0.6 is 0 Å². The van der Waals surface area contributed by atoms with Crippen LogP contribution in [0.15, 0.2) is 24.3 Å². The molecule has 6 nitrogen and oxygen atoms in total. The first-order chi connectivity index (χ1) is 6.59. The fourth-order valence-corrected chi connectivity index (χ4v) is 0.777. The predicted molar refractivity (Wildman–Crippen MR) is 47.0 cm³/mol. The smallest absolute Gasteiger partial charge is 0.258 e. The number of nitrogens with zero attached hydrogens (tertiary/aromatic N) is 2. The maximum Gasteiger partial charge on any atom is 0.295 e. The summed E-state index contributed by atoms with van der Waals surface area (Å²) in [5, 5.41) is 20.1. The second kappa shape index (κ2) is 4.00. The number of rotatable bonds is 1. The number of hydrogen-bond acceptors (Lipinski definition) is 4. The van der Waals surface area contributed by atoms with Gasteiger partial charge in [0.15, 0.2) is 0 Å². The van der Waals surface area contributed by atoms with E-state index >= 15 is 0 Å². The van der Waals surface area contributed by atoms with Crippen molar-refractivity contribution >= 4 is 5.69 Å². The first-order valence-corrected chi connectivity index (χ1v) is 3.50. The van der Waals surface area contributed by atoms with E-state index in [0.29, 0.717) is 5.56 Å². The van der Waals surface area contributed by atoms with Crippen LogP contribution < -0.4 is 0 Å². The van der Waals surface area contributed by atoms with Crippen LogP contribution in [-0.4, -0.2) is 9.85 Å². The van der Waals surface area contributed by atoms with Crippen LogP contribution in [0.1, 0.15) is 5.56 Å². The van der Waals surface area contributed by atoms with E-state index in [-0.39, 0.29) is 5.69 Å². The summed E-state index contributed by atoms with van der Waals surface area (Å²) in [5.41, 5.74) is 0.295. The molecule has 0 N–H and O–H groups in total. The number of non-ortho nitro benzene ring substituents is 1. The Hall–Kier alpha value is -2.42. The average Bonchev–Trinajstić information content (AvgIpc) is 2.15. The van der Waals surface area contributed by atoms with Crippen molar-refractivity contribution in [2.75, 3.05) is 0 Å². The molecule has 0 atom stereocenters. The fourth-order valence-electron chi connectivity index (χ4n) is 0.777. The van der Waals surface area contributed by atoms with Crippen molar-refractivity contribution in [3.8, 4) is 12.0 Å². The first kappa shape index (κ1) is 9.67. The summed E-state index contributed by atoms with van der Waals surface area (Å²) >= 11 is 0. The minimum absolute atomic E-state index is 0.0725. The third kappa shape index (κ3) is 2.57. The number of benzene rings is 1. The molecule has 0 saturated heterocycles. The predicted octanol–water partition coefficient (Wildman–Crippen LogP) is 1.18. The van der Waals surface area contributed by atoms with Crippen molar-refractivity contribution < 1.29 is 9.85 Å². The Morgan fingerprint density at radius 3 is 2.07 bits per heavy atom. The summed E-state index contributed by atoms with van der Waals surface area (Å²) in [6.07, 6.45) is 0. The average molecular weight is 192 g/mol. The van der Waals surface area contributed by atoms with Crippen LogP contribution in [0.5, 0.6) is 0 Å². The van der Waals surface area contributed by atoms with Gasteiger partial charge in [-0.25, -0.2) is 10.1 Å². The van der Waals surface area contributed by atoms with Crippen molar-refractivity contribution in [3.05, 3.63) is 50.1 Å². The van der Waals surface area contributed by atoms with E-state index in [1.54, 1.807) is 6.04 Å². The van der Waals surface area contributed by atoms with Crippen molar-refractivity contribution in [3.63, 3.8) is 0 Å². The van der Waals surface area contributed by atoms with E-state index in [1.165, 1.54) is 24.3 Å². The molecule has 0 aliphatic rings. The van der Waals surface area contributed by atoms with Gasteiger partial charge in [0.1, 0.15) is 4.92 Å². The molecule has 0 heterocycles. The standard InChI is InChI=1S/C8H4N2O4/c11-9(12)6-5-7-1-3-8(4-2-7)10(13)14/h1-4H. The molecular formula is C8H4N2O4. The van der Waals surface area contributed by atoms with Crippen LogP contribution in [0, 0.1) is 32.2 Å². The summed E-state index contributed by atoms with van der Waals surface area (Å²) in [6, 6.07) is 6.90. The molecule has 1 rings (SSSR count). The van der Waals surface area contributed by atoms with Gasteiger partial charge in [0, 0.05) is 23.6 Å². The maximum absolute atomic E-state index is 10.2. The fraction of sp³-hybridized carbons (Fsp3) is 0. The molecular weight excluding hydrogens is 188 g/mol. The van der Waals surface area contributed by atoms with Gasteiger partial charge < -0.3 is 0 Å². The number of hydrogen-bond donors (Lipinski definition) is 0. The maximum atomic E-state index is 10.2. The Morgan fingerprint density at radius 2 is 1.64 bits per heavy atom. The van der Waals surface area contributed by atoms with Crippen LogP contribution in [-0.2, 0) is 0 Å². The summed E-state index contributed by atoms with van der Waals surface area (Å²) in [7, 11) is 0. The number of nitro benzene ring substituents is 1. The highest BCUT2D eigenvalue weighted by Gasteiger charge is 2.02. The van der Waals surface area contributed by atoms with Gasteiger partial charge in [-0.15, -0.1) is 0 Å². The van der Waals surface area contributed by atoms with Crippen LogP contribution in [0.4, 0.5) is 5.69 Å². The van der Waals surface area contributed by atoms with E-state index in [1.807, 2.05) is 0 Å². The quantitative estimate of drug-likeness (QED) is 0.289. The molecule has 0 unspecified atom stereocenters. The Balaban J connectivity index is 2.91. The highest BCUT2D eigenvalue weighted by Crippen LogP contribution is 2.10. The van der Waals surface area contributed by atoms with Gasteiger partial charge >= 0.3 is 0 Å². The van der Waals surface area contributed by atoms with Gasteiger partial charge in [-0.05, 0) is 12.1 Å². The minimum atomic E-state index is -0.776. The topological polar surface area (TPSA) is 86.3 Å². The monoisotopic (exact) mass is 192 g/mol.